The van der Waals surface area contributed by atoms with Crippen molar-refractivity contribution in [2.75, 3.05) is 18.4 Å². The Hall–Kier alpha value is -1.65. The van der Waals surface area contributed by atoms with Crippen molar-refractivity contribution in [2.45, 2.75) is 46.1 Å². The molecule has 0 bridgehead atoms. The molecule has 20 heavy (non-hydrogen) atoms. The summed E-state index contributed by atoms with van der Waals surface area (Å²) in [6.45, 7) is 8.01. The van der Waals surface area contributed by atoms with Crippen LogP contribution in [0.4, 0.5) is 5.82 Å². The summed E-state index contributed by atoms with van der Waals surface area (Å²) in [6, 6.07) is 0.407. The summed E-state index contributed by atoms with van der Waals surface area (Å²) < 4.78 is 0. The SMILES string of the molecule is CCCNc1cnc(C(=O)N(CC(C)C)C2CC2)cn1. The Morgan fingerprint density at radius 3 is 2.65 bits per heavy atom. The van der Waals surface area contributed by atoms with Crippen LogP contribution in [0.2, 0.25) is 0 Å². The zero-order chi connectivity index (χ0) is 14.5. The molecule has 0 aliphatic heterocycles. The molecule has 0 saturated heterocycles. The fraction of sp³-hybridized carbons (Fsp3) is 0.667. The molecule has 5 heteroatoms. The van der Waals surface area contributed by atoms with Gasteiger partial charge in [-0.05, 0) is 25.2 Å². The smallest absolute Gasteiger partial charge is 0.274 e. The zero-order valence-corrected chi connectivity index (χ0v) is 12.6. The Morgan fingerprint density at radius 1 is 1.40 bits per heavy atom. The second-order valence-electron chi connectivity index (χ2n) is 5.80. The lowest BCUT2D eigenvalue weighted by Gasteiger charge is -2.23. The van der Waals surface area contributed by atoms with Crippen LogP contribution >= 0.6 is 0 Å². The predicted octanol–water partition coefficient (Wildman–Crippen LogP) is 2.56. The molecule has 1 saturated carbocycles. The van der Waals surface area contributed by atoms with Gasteiger partial charge in [-0.15, -0.1) is 0 Å². The quantitative estimate of drug-likeness (QED) is 0.831. The Kier molecular flexibility index (Phi) is 4.93. The standard InChI is InChI=1S/C15H24N4O/c1-4-7-16-14-9-17-13(8-18-14)15(20)19(10-11(2)3)12-5-6-12/h8-9,11-12H,4-7,10H2,1-3H3,(H,16,18). The molecule has 0 radical (unpaired) electrons. The molecule has 5 nitrogen and oxygen atoms in total. The number of nitrogens with one attached hydrogen (secondary N) is 1. The summed E-state index contributed by atoms with van der Waals surface area (Å²) in [5.74, 6) is 1.21. The predicted molar refractivity (Wildman–Crippen MR) is 79.7 cm³/mol. The average molecular weight is 276 g/mol. The van der Waals surface area contributed by atoms with E-state index in [1.54, 1.807) is 12.4 Å². The molecule has 1 aliphatic rings. The van der Waals surface area contributed by atoms with Crippen molar-refractivity contribution in [1.82, 2.24) is 14.9 Å². The summed E-state index contributed by atoms with van der Waals surface area (Å²) >= 11 is 0. The monoisotopic (exact) mass is 276 g/mol. The summed E-state index contributed by atoms with van der Waals surface area (Å²) in [5.41, 5.74) is 0.444. The van der Waals surface area contributed by atoms with Crippen LogP contribution in [0.25, 0.3) is 0 Å². The molecule has 1 N–H and O–H groups in total. The first-order valence-electron chi connectivity index (χ1n) is 7.48. The van der Waals surface area contributed by atoms with Crippen LogP contribution in [-0.4, -0.2) is 39.9 Å². The minimum absolute atomic E-state index is 0.00995. The van der Waals surface area contributed by atoms with Gasteiger partial charge in [-0.2, -0.15) is 0 Å². The summed E-state index contributed by atoms with van der Waals surface area (Å²) in [4.78, 5) is 23.0. The van der Waals surface area contributed by atoms with Crippen molar-refractivity contribution in [1.29, 1.82) is 0 Å². The van der Waals surface area contributed by atoms with Crippen molar-refractivity contribution in [2.24, 2.45) is 5.92 Å². The molecule has 110 valence electrons. The molecule has 1 aromatic heterocycles. The minimum atomic E-state index is 0.00995. The van der Waals surface area contributed by atoms with Crippen LogP contribution in [-0.2, 0) is 0 Å². The molecule has 2 rings (SSSR count). The van der Waals surface area contributed by atoms with Crippen LogP contribution in [0.5, 0.6) is 0 Å². The third-order valence-electron chi connectivity index (χ3n) is 3.24. The van der Waals surface area contributed by atoms with Crippen LogP contribution < -0.4 is 5.32 Å². The first-order chi connectivity index (χ1) is 9.61. The van der Waals surface area contributed by atoms with Crippen LogP contribution in [0, 0.1) is 5.92 Å². The molecular weight excluding hydrogens is 252 g/mol. The lowest BCUT2D eigenvalue weighted by atomic mass is 10.2. The number of hydrogen-bond donors (Lipinski definition) is 1. The number of amides is 1. The first kappa shape index (κ1) is 14.8. The maximum Gasteiger partial charge on any atom is 0.274 e. The van der Waals surface area contributed by atoms with E-state index in [-0.39, 0.29) is 5.91 Å². The van der Waals surface area contributed by atoms with Crippen molar-refractivity contribution < 1.29 is 4.79 Å². The van der Waals surface area contributed by atoms with Gasteiger partial charge in [0.05, 0.1) is 12.4 Å². The lowest BCUT2D eigenvalue weighted by Crippen LogP contribution is -2.36. The van der Waals surface area contributed by atoms with Gasteiger partial charge in [0.2, 0.25) is 0 Å². The molecule has 0 spiro atoms. The van der Waals surface area contributed by atoms with Gasteiger partial charge in [-0.25, -0.2) is 9.97 Å². The van der Waals surface area contributed by atoms with Crippen LogP contribution in [0.1, 0.15) is 50.5 Å². The van der Waals surface area contributed by atoms with E-state index < -0.39 is 0 Å². The molecule has 0 atom stereocenters. The van der Waals surface area contributed by atoms with Gasteiger partial charge in [0.1, 0.15) is 11.5 Å². The van der Waals surface area contributed by atoms with Gasteiger partial charge in [0.25, 0.3) is 5.91 Å². The number of rotatable bonds is 7. The Bertz CT molecular complexity index is 440. The third kappa shape index (κ3) is 3.92. The molecular formula is C15H24N4O. The molecule has 0 aromatic carbocycles. The molecule has 1 aromatic rings. The number of nitrogens with zero attached hydrogens (tertiary/aromatic N) is 3. The number of hydrogen-bond acceptors (Lipinski definition) is 4. The average Bonchev–Trinajstić information content (AvgIpc) is 3.26. The lowest BCUT2D eigenvalue weighted by molar-refractivity contribution is 0.0716. The molecule has 1 amide bonds. The fourth-order valence-corrected chi connectivity index (χ4v) is 2.11. The number of aromatic nitrogens is 2. The number of carbonyl (C=O) groups excluding carboxylic acids is 1. The van der Waals surface area contributed by atoms with E-state index in [0.717, 1.165) is 38.2 Å². The molecule has 0 unspecified atom stereocenters. The first-order valence-corrected chi connectivity index (χ1v) is 7.48. The molecule has 1 fully saturated rings. The van der Waals surface area contributed by atoms with E-state index in [4.69, 9.17) is 0 Å². The maximum absolute atomic E-state index is 12.5. The van der Waals surface area contributed by atoms with Gasteiger partial charge in [0, 0.05) is 19.1 Å². The Morgan fingerprint density at radius 2 is 2.15 bits per heavy atom. The highest BCUT2D eigenvalue weighted by Gasteiger charge is 2.33. The normalized spacial score (nSPS) is 14.4. The second kappa shape index (κ2) is 6.68. The number of carbonyl (C=O) groups is 1. The van der Waals surface area contributed by atoms with Gasteiger partial charge < -0.3 is 10.2 Å². The van der Waals surface area contributed by atoms with E-state index in [1.807, 2.05) is 4.90 Å². The van der Waals surface area contributed by atoms with Crippen molar-refractivity contribution in [3.05, 3.63) is 18.1 Å². The van der Waals surface area contributed by atoms with E-state index in [1.165, 1.54) is 0 Å². The van der Waals surface area contributed by atoms with E-state index >= 15 is 0 Å². The highest BCUT2D eigenvalue weighted by Crippen LogP contribution is 2.28. The highest BCUT2D eigenvalue weighted by atomic mass is 16.2. The largest absolute Gasteiger partial charge is 0.369 e. The highest BCUT2D eigenvalue weighted by molar-refractivity contribution is 5.92. The van der Waals surface area contributed by atoms with E-state index in [2.05, 4.69) is 36.1 Å². The zero-order valence-electron chi connectivity index (χ0n) is 12.6. The van der Waals surface area contributed by atoms with Gasteiger partial charge in [0.15, 0.2) is 0 Å². The third-order valence-corrected chi connectivity index (χ3v) is 3.24. The summed E-state index contributed by atoms with van der Waals surface area (Å²) in [6.07, 6.45) is 6.48. The summed E-state index contributed by atoms with van der Waals surface area (Å²) in [5, 5.41) is 3.16. The molecule has 1 heterocycles. The topological polar surface area (TPSA) is 58.1 Å². The molecule has 1 aliphatic carbocycles. The fourth-order valence-electron chi connectivity index (χ4n) is 2.11. The van der Waals surface area contributed by atoms with Gasteiger partial charge in [-0.3, -0.25) is 4.79 Å². The van der Waals surface area contributed by atoms with Gasteiger partial charge in [-0.1, -0.05) is 20.8 Å². The Labute approximate surface area is 120 Å². The second-order valence-corrected chi connectivity index (χ2v) is 5.80. The number of anilines is 1. The van der Waals surface area contributed by atoms with E-state index in [0.29, 0.717) is 17.7 Å². The van der Waals surface area contributed by atoms with Crippen molar-refractivity contribution >= 4 is 11.7 Å². The van der Waals surface area contributed by atoms with Crippen molar-refractivity contribution in [3.63, 3.8) is 0 Å². The minimum Gasteiger partial charge on any atom is -0.369 e. The maximum atomic E-state index is 12.5. The van der Waals surface area contributed by atoms with Gasteiger partial charge >= 0.3 is 0 Å². The van der Waals surface area contributed by atoms with E-state index in [9.17, 15) is 4.79 Å². The van der Waals surface area contributed by atoms with Crippen molar-refractivity contribution in [3.8, 4) is 0 Å². The Balaban J connectivity index is 2.03. The van der Waals surface area contributed by atoms with Crippen LogP contribution in [0.3, 0.4) is 0 Å². The van der Waals surface area contributed by atoms with Crippen LogP contribution in [0.15, 0.2) is 12.4 Å². The summed E-state index contributed by atoms with van der Waals surface area (Å²) in [7, 11) is 0.